The van der Waals surface area contributed by atoms with E-state index in [1.165, 1.54) is 11.1 Å². The molecule has 0 fully saturated rings. The van der Waals surface area contributed by atoms with Crippen molar-refractivity contribution in [3.8, 4) is 17.4 Å². The molecule has 1 atom stereocenters. The van der Waals surface area contributed by atoms with Crippen LogP contribution >= 0.6 is 0 Å². The van der Waals surface area contributed by atoms with E-state index in [-0.39, 0.29) is 43.4 Å². The minimum atomic E-state index is -0.771. The van der Waals surface area contributed by atoms with Crippen LogP contribution in [0.3, 0.4) is 0 Å². The van der Waals surface area contributed by atoms with E-state index in [9.17, 15) is 19.5 Å². The normalized spacial score (nSPS) is 17.2. The van der Waals surface area contributed by atoms with Gasteiger partial charge >= 0.3 is 5.69 Å². The molecule has 0 saturated heterocycles. The minimum Gasteiger partial charge on any atom is -0.494 e. The molecule has 2 aliphatic heterocycles. The number of rotatable bonds is 5. The molecule has 2 aromatic rings. The fourth-order valence-electron chi connectivity index (χ4n) is 3.55. The summed E-state index contributed by atoms with van der Waals surface area (Å²) >= 11 is 0. The number of aromatic amines is 1. The number of aromatic nitrogens is 2. The summed E-state index contributed by atoms with van der Waals surface area (Å²) in [5, 5.41) is 16.2. The van der Waals surface area contributed by atoms with E-state index in [1.807, 2.05) is 0 Å². The van der Waals surface area contributed by atoms with Gasteiger partial charge in [0.25, 0.3) is 5.56 Å². The lowest BCUT2D eigenvalue weighted by atomic mass is 9.98. The zero-order chi connectivity index (χ0) is 21.4. The van der Waals surface area contributed by atoms with Gasteiger partial charge < -0.3 is 14.6 Å². The van der Waals surface area contributed by atoms with Crippen LogP contribution in [0.1, 0.15) is 36.9 Å². The van der Waals surface area contributed by atoms with E-state index in [0.717, 1.165) is 10.1 Å². The summed E-state index contributed by atoms with van der Waals surface area (Å²) in [6, 6.07) is 4.82. The van der Waals surface area contributed by atoms with Gasteiger partial charge in [-0.15, -0.1) is 6.58 Å². The topological polar surface area (TPSA) is 126 Å². The van der Waals surface area contributed by atoms with Gasteiger partial charge in [0.2, 0.25) is 18.6 Å². The lowest BCUT2D eigenvalue weighted by Crippen LogP contribution is -2.33. The number of benzene rings is 1. The number of nitrogens with zero attached hydrogens (tertiary/aromatic N) is 3. The van der Waals surface area contributed by atoms with Crippen molar-refractivity contribution < 1.29 is 19.4 Å². The molecule has 3 heterocycles. The van der Waals surface area contributed by atoms with Gasteiger partial charge in [0.1, 0.15) is 5.56 Å². The number of nitrogens with one attached hydrogen (secondary N) is 1. The fraction of sp³-hybridized carbons (Fsp3) is 0.300. The second kappa shape index (κ2) is 7.54. The molecular formula is C20H20N4O6. The molecule has 2 N–H and O–H groups in total. The SMILES string of the molecule is C=CCn1c(O)c(C2=NN(C(=O)CC)[C@@H](c3ccc4c(c3)OCO4)C2)c(=O)[nH]c1=O. The van der Waals surface area contributed by atoms with E-state index < -0.39 is 23.2 Å². The fourth-order valence-corrected chi connectivity index (χ4v) is 3.55. The molecule has 10 nitrogen and oxygen atoms in total. The molecule has 1 amide bonds. The minimum absolute atomic E-state index is 0.00488. The molecule has 4 rings (SSSR count). The highest BCUT2D eigenvalue weighted by Gasteiger charge is 2.35. The van der Waals surface area contributed by atoms with Crippen LogP contribution in [0.25, 0.3) is 0 Å². The highest BCUT2D eigenvalue weighted by molar-refractivity contribution is 6.04. The van der Waals surface area contributed by atoms with Crippen LogP contribution in [0.15, 0.2) is 45.5 Å². The molecule has 156 valence electrons. The Balaban J connectivity index is 1.78. The summed E-state index contributed by atoms with van der Waals surface area (Å²) < 4.78 is 11.7. The molecule has 0 aliphatic carbocycles. The molecule has 10 heteroatoms. The third kappa shape index (κ3) is 3.15. The van der Waals surface area contributed by atoms with Crippen LogP contribution in [-0.2, 0) is 11.3 Å². The maximum absolute atomic E-state index is 12.5. The van der Waals surface area contributed by atoms with E-state index in [4.69, 9.17) is 9.47 Å². The standard InChI is InChI=1S/C20H20N4O6/c1-3-7-23-19(27)17(18(26)21-20(23)28)12-9-13(24(22-12)16(25)4-2)11-5-6-14-15(8-11)30-10-29-14/h3,5-6,8,13,27H,1,4,7,9-10H2,2H3,(H,21,26,28)/t13-/m1/s1. The Morgan fingerprint density at radius 1 is 1.37 bits per heavy atom. The predicted octanol–water partition coefficient (Wildman–Crippen LogP) is 1.24. The van der Waals surface area contributed by atoms with E-state index in [1.54, 1.807) is 25.1 Å². The van der Waals surface area contributed by atoms with Crippen LogP contribution in [0.2, 0.25) is 0 Å². The molecule has 0 saturated carbocycles. The van der Waals surface area contributed by atoms with E-state index >= 15 is 0 Å². The summed E-state index contributed by atoms with van der Waals surface area (Å²) in [5.74, 6) is 0.405. The molecular weight excluding hydrogens is 392 g/mol. The third-order valence-corrected chi connectivity index (χ3v) is 5.02. The number of ether oxygens (including phenoxy) is 2. The van der Waals surface area contributed by atoms with Crippen molar-refractivity contribution >= 4 is 11.6 Å². The highest BCUT2D eigenvalue weighted by Crippen LogP contribution is 2.39. The van der Waals surface area contributed by atoms with Crippen LogP contribution in [0.5, 0.6) is 17.4 Å². The number of aromatic hydroxyl groups is 1. The first-order valence-electron chi connectivity index (χ1n) is 9.41. The van der Waals surface area contributed by atoms with Gasteiger partial charge in [-0.3, -0.25) is 19.1 Å². The monoisotopic (exact) mass is 412 g/mol. The zero-order valence-corrected chi connectivity index (χ0v) is 16.3. The van der Waals surface area contributed by atoms with Crippen molar-refractivity contribution in [3.05, 3.63) is 62.8 Å². The highest BCUT2D eigenvalue weighted by atomic mass is 16.7. The van der Waals surface area contributed by atoms with Gasteiger partial charge in [-0.2, -0.15) is 5.10 Å². The zero-order valence-electron chi connectivity index (χ0n) is 16.3. The van der Waals surface area contributed by atoms with Gasteiger partial charge in [0.15, 0.2) is 11.5 Å². The van der Waals surface area contributed by atoms with E-state index in [2.05, 4.69) is 16.7 Å². The van der Waals surface area contributed by atoms with Crippen molar-refractivity contribution in [1.82, 2.24) is 14.6 Å². The second-order valence-corrected chi connectivity index (χ2v) is 6.83. The molecule has 0 bridgehead atoms. The van der Waals surface area contributed by atoms with Crippen molar-refractivity contribution in [2.45, 2.75) is 32.4 Å². The third-order valence-electron chi connectivity index (χ3n) is 5.02. The van der Waals surface area contributed by atoms with Gasteiger partial charge in [-0.1, -0.05) is 19.1 Å². The first-order chi connectivity index (χ1) is 14.4. The second-order valence-electron chi connectivity index (χ2n) is 6.83. The lowest BCUT2D eigenvalue weighted by molar-refractivity contribution is -0.132. The van der Waals surface area contributed by atoms with Crippen molar-refractivity contribution in [1.29, 1.82) is 0 Å². The Morgan fingerprint density at radius 3 is 2.87 bits per heavy atom. The average molecular weight is 412 g/mol. The number of hydrogen-bond acceptors (Lipinski definition) is 7. The van der Waals surface area contributed by atoms with Gasteiger partial charge in [0, 0.05) is 19.4 Å². The largest absolute Gasteiger partial charge is 0.494 e. The molecule has 0 spiro atoms. The Labute approximate surface area is 170 Å². The first kappa shape index (κ1) is 19.5. The first-order valence-corrected chi connectivity index (χ1v) is 9.41. The maximum Gasteiger partial charge on any atom is 0.331 e. The summed E-state index contributed by atoms with van der Waals surface area (Å²) in [6.07, 6.45) is 1.80. The summed E-state index contributed by atoms with van der Waals surface area (Å²) in [7, 11) is 0. The van der Waals surface area contributed by atoms with Gasteiger partial charge in [0.05, 0.1) is 11.8 Å². The maximum atomic E-state index is 12.5. The van der Waals surface area contributed by atoms with Crippen LogP contribution in [0.4, 0.5) is 0 Å². The number of allylic oxidation sites excluding steroid dienone is 1. The Kier molecular flexibility index (Phi) is 4.90. The van der Waals surface area contributed by atoms with Crippen molar-refractivity contribution in [2.24, 2.45) is 5.10 Å². The molecule has 0 radical (unpaired) electrons. The number of hydrazone groups is 1. The molecule has 0 unspecified atom stereocenters. The van der Waals surface area contributed by atoms with Crippen LogP contribution in [0, 0.1) is 0 Å². The average Bonchev–Trinajstić information content (AvgIpc) is 3.37. The molecule has 1 aromatic heterocycles. The number of carbonyl (C=O) groups is 1. The smallest absolute Gasteiger partial charge is 0.331 e. The summed E-state index contributed by atoms with van der Waals surface area (Å²) in [6.45, 7) is 5.38. The number of carbonyl (C=O) groups excluding carboxylic acids is 1. The molecule has 1 aromatic carbocycles. The van der Waals surface area contributed by atoms with E-state index in [0.29, 0.717) is 11.5 Å². The number of fused-ring (bicyclic) bond motifs is 1. The quantitative estimate of drug-likeness (QED) is 0.712. The van der Waals surface area contributed by atoms with Crippen molar-refractivity contribution in [2.75, 3.05) is 6.79 Å². The number of H-pyrrole nitrogens is 1. The number of amides is 1. The van der Waals surface area contributed by atoms with Crippen molar-refractivity contribution in [3.63, 3.8) is 0 Å². The molecule has 30 heavy (non-hydrogen) atoms. The number of hydrogen-bond donors (Lipinski definition) is 2. The van der Waals surface area contributed by atoms with Gasteiger partial charge in [-0.05, 0) is 17.7 Å². The Hall–Kier alpha value is -3.82. The summed E-state index contributed by atoms with van der Waals surface area (Å²) in [4.78, 5) is 39.2. The lowest BCUT2D eigenvalue weighted by Gasteiger charge is -2.21. The Bertz CT molecular complexity index is 1180. The van der Waals surface area contributed by atoms with Crippen LogP contribution in [-0.4, -0.2) is 38.1 Å². The van der Waals surface area contributed by atoms with Gasteiger partial charge in [-0.25, -0.2) is 9.80 Å². The Morgan fingerprint density at radius 2 is 2.13 bits per heavy atom. The van der Waals surface area contributed by atoms with Crippen LogP contribution < -0.4 is 20.7 Å². The predicted molar refractivity (Wildman–Crippen MR) is 107 cm³/mol. The molecule has 2 aliphatic rings. The summed E-state index contributed by atoms with van der Waals surface area (Å²) in [5.41, 5.74) is -0.722.